The Labute approximate surface area is 98.0 Å². The first-order valence-corrected chi connectivity index (χ1v) is 5.22. The Balaban J connectivity index is 2.99. The van der Waals surface area contributed by atoms with Crippen molar-refractivity contribution < 1.29 is 23.8 Å². The van der Waals surface area contributed by atoms with E-state index in [1.807, 2.05) is 0 Å². The van der Waals surface area contributed by atoms with Gasteiger partial charge in [-0.3, -0.25) is 4.79 Å². The van der Waals surface area contributed by atoms with Crippen LogP contribution in [0.2, 0.25) is 0 Å². The summed E-state index contributed by atoms with van der Waals surface area (Å²) in [5.74, 6) is -2.26. The summed E-state index contributed by atoms with van der Waals surface area (Å²) in [5, 5.41) is 8.56. The van der Waals surface area contributed by atoms with E-state index in [-0.39, 0.29) is 30.6 Å². The highest BCUT2D eigenvalue weighted by molar-refractivity contribution is 5.91. The molecule has 1 rings (SSSR count). The predicted molar refractivity (Wildman–Crippen MR) is 58.3 cm³/mol. The van der Waals surface area contributed by atoms with Crippen LogP contribution < -0.4 is 0 Å². The van der Waals surface area contributed by atoms with E-state index in [0.29, 0.717) is 0 Å². The third kappa shape index (κ3) is 3.55. The molecule has 0 spiro atoms. The van der Waals surface area contributed by atoms with Gasteiger partial charge in [0.1, 0.15) is 5.82 Å². The lowest BCUT2D eigenvalue weighted by Crippen LogP contribution is -2.11. The number of carbonyl (C=O) groups excluding carboxylic acids is 1. The summed E-state index contributed by atoms with van der Waals surface area (Å²) in [6.45, 7) is 1.84. The molecular formula is C12H13FO4. The summed E-state index contributed by atoms with van der Waals surface area (Å²) in [4.78, 5) is 22.0. The fourth-order valence-corrected chi connectivity index (χ4v) is 1.44. The van der Waals surface area contributed by atoms with Crippen LogP contribution in [0.5, 0.6) is 0 Å². The van der Waals surface area contributed by atoms with Crippen LogP contribution >= 0.6 is 0 Å². The van der Waals surface area contributed by atoms with Crippen molar-refractivity contribution in [3.63, 3.8) is 0 Å². The van der Waals surface area contributed by atoms with Crippen LogP contribution in [-0.4, -0.2) is 23.7 Å². The quantitative estimate of drug-likeness (QED) is 0.800. The second kappa shape index (κ2) is 5.98. The zero-order valence-corrected chi connectivity index (χ0v) is 9.40. The van der Waals surface area contributed by atoms with E-state index >= 15 is 0 Å². The molecule has 1 aromatic rings. The van der Waals surface area contributed by atoms with Gasteiger partial charge >= 0.3 is 11.9 Å². The first kappa shape index (κ1) is 13.2. The standard InChI is InChI=1S/C12H13FO4/c1-2-17-12(16)9-4-3-5-10(13)8(9)6-7-11(14)15/h3-5H,2,6-7H2,1H3,(H,14,15). The monoisotopic (exact) mass is 240 g/mol. The molecule has 0 saturated carbocycles. The minimum atomic E-state index is -1.04. The number of esters is 1. The molecule has 92 valence electrons. The van der Waals surface area contributed by atoms with Crippen molar-refractivity contribution in [2.45, 2.75) is 19.8 Å². The fraction of sp³-hybridized carbons (Fsp3) is 0.333. The van der Waals surface area contributed by atoms with Crippen LogP contribution in [0.25, 0.3) is 0 Å². The maximum absolute atomic E-state index is 13.5. The zero-order chi connectivity index (χ0) is 12.8. The number of ether oxygens (including phenoxy) is 1. The summed E-state index contributed by atoms with van der Waals surface area (Å²) in [6, 6.07) is 4.02. The summed E-state index contributed by atoms with van der Waals surface area (Å²) < 4.78 is 18.3. The van der Waals surface area contributed by atoms with Gasteiger partial charge in [-0.05, 0) is 25.5 Å². The first-order chi connectivity index (χ1) is 8.06. The number of carboxylic acid groups (broad SMARTS) is 1. The van der Waals surface area contributed by atoms with Crippen LogP contribution in [0.3, 0.4) is 0 Å². The van der Waals surface area contributed by atoms with Gasteiger partial charge in [0.2, 0.25) is 0 Å². The van der Waals surface area contributed by atoms with E-state index in [1.165, 1.54) is 18.2 Å². The van der Waals surface area contributed by atoms with Gasteiger partial charge in [-0.15, -0.1) is 0 Å². The Morgan fingerprint density at radius 3 is 2.71 bits per heavy atom. The number of hydrogen-bond donors (Lipinski definition) is 1. The predicted octanol–water partition coefficient (Wildman–Crippen LogP) is 2.02. The van der Waals surface area contributed by atoms with E-state index in [9.17, 15) is 14.0 Å². The molecule has 0 heterocycles. The average Bonchev–Trinajstić information content (AvgIpc) is 2.27. The second-order valence-electron chi connectivity index (χ2n) is 3.38. The van der Waals surface area contributed by atoms with Crippen molar-refractivity contribution in [1.82, 2.24) is 0 Å². The van der Waals surface area contributed by atoms with E-state index in [2.05, 4.69) is 0 Å². The van der Waals surface area contributed by atoms with Gasteiger partial charge in [-0.25, -0.2) is 9.18 Å². The summed E-state index contributed by atoms with van der Waals surface area (Å²) in [7, 11) is 0. The minimum absolute atomic E-state index is 0.0316. The van der Waals surface area contributed by atoms with E-state index in [1.54, 1.807) is 6.92 Å². The SMILES string of the molecule is CCOC(=O)c1cccc(F)c1CCC(=O)O. The van der Waals surface area contributed by atoms with Gasteiger partial charge in [0.05, 0.1) is 12.2 Å². The third-order valence-electron chi connectivity index (χ3n) is 2.20. The molecule has 17 heavy (non-hydrogen) atoms. The number of hydrogen-bond acceptors (Lipinski definition) is 3. The third-order valence-corrected chi connectivity index (χ3v) is 2.20. The molecule has 0 aliphatic rings. The Kier molecular flexibility index (Phi) is 4.63. The molecule has 0 amide bonds. The lowest BCUT2D eigenvalue weighted by atomic mass is 10.0. The molecule has 0 aliphatic heterocycles. The Morgan fingerprint density at radius 2 is 2.12 bits per heavy atom. The number of rotatable bonds is 5. The van der Waals surface area contributed by atoms with Crippen LogP contribution in [0, 0.1) is 5.82 Å². The van der Waals surface area contributed by atoms with Gasteiger partial charge in [0.25, 0.3) is 0 Å². The van der Waals surface area contributed by atoms with Gasteiger partial charge in [-0.2, -0.15) is 0 Å². The second-order valence-corrected chi connectivity index (χ2v) is 3.38. The molecule has 0 fully saturated rings. The number of halogens is 1. The average molecular weight is 240 g/mol. The lowest BCUT2D eigenvalue weighted by molar-refractivity contribution is -0.136. The van der Waals surface area contributed by atoms with Gasteiger partial charge < -0.3 is 9.84 Å². The van der Waals surface area contributed by atoms with Gasteiger partial charge in [-0.1, -0.05) is 6.07 Å². The molecule has 1 aromatic carbocycles. The van der Waals surface area contributed by atoms with Crippen molar-refractivity contribution in [3.05, 3.63) is 35.1 Å². The molecule has 1 N–H and O–H groups in total. The van der Waals surface area contributed by atoms with Crippen molar-refractivity contribution in [2.75, 3.05) is 6.61 Å². The molecular weight excluding hydrogens is 227 g/mol. The highest BCUT2D eigenvalue weighted by Gasteiger charge is 2.16. The molecule has 0 bridgehead atoms. The number of carboxylic acids is 1. The maximum atomic E-state index is 13.5. The van der Waals surface area contributed by atoms with Gasteiger partial charge in [0.15, 0.2) is 0 Å². The molecule has 0 radical (unpaired) electrons. The van der Waals surface area contributed by atoms with Crippen LogP contribution in [0.4, 0.5) is 4.39 Å². The van der Waals surface area contributed by atoms with Crippen molar-refractivity contribution in [2.24, 2.45) is 0 Å². The topological polar surface area (TPSA) is 63.6 Å². The molecule has 0 aromatic heterocycles. The summed E-state index contributed by atoms with van der Waals surface area (Å²) >= 11 is 0. The smallest absolute Gasteiger partial charge is 0.338 e. The molecule has 0 aliphatic carbocycles. The lowest BCUT2D eigenvalue weighted by Gasteiger charge is -2.08. The minimum Gasteiger partial charge on any atom is -0.481 e. The fourth-order valence-electron chi connectivity index (χ4n) is 1.44. The molecule has 0 unspecified atom stereocenters. The Bertz CT molecular complexity index is 429. The molecule has 0 saturated heterocycles. The normalized spacial score (nSPS) is 10.0. The highest BCUT2D eigenvalue weighted by atomic mass is 19.1. The molecule has 0 atom stereocenters. The zero-order valence-electron chi connectivity index (χ0n) is 9.40. The first-order valence-electron chi connectivity index (χ1n) is 5.22. The Hall–Kier alpha value is -1.91. The Morgan fingerprint density at radius 1 is 1.41 bits per heavy atom. The van der Waals surface area contributed by atoms with Crippen LogP contribution in [0.1, 0.15) is 29.3 Å². The highest BCUT2D eigenvalue weighted by Crippen LogP contribution is 2.16. The van der Waals surface area contributed by atoms with E-state index < -0.39 is 17.8 Å². The van der Waals surface area contributed by atoms with Crippen molar-refractivity contribution in [1.29, 1.82) is 0 Å². The van der Waals surface area contributed by atoms with Crippen molar-refractivity contribution >= 4 is 11.9 Å². The van der Waals surface area contributed by atoms with Crippen LogP contribution in [0.15, 0.2) is 18.2 Å². The van der Waals surface area contributed by atoms with Crippen LogP contribution in [-0.2, 0) is 16.0 Å². The number of carbonyl (C=O) groups is 2. The van der Waals surface area contributed by atoms with Crippen molar-refractivity contribution in [3.8, 4) is 0 Å². The molecule has 4 nitrogen and oxygen atoms in total. The summed E-state index contributed by atoms with van der Waals surface area (Å²) in [6.07, 6.45) is -0.260. The number of aliphatic carboxylic acids is 1. The van der Waals surface area contributed by atoms with E-state index in [4.69, 9.17) is 9.84 Å². The maximum Gasteiger partial charge on any atom is 0.338 e. The number of benzene rings is 1. The summed E-state index contributed by atoms with van der Waals surface area (Å²) in [5.41, 5.74) is 0.182. The van der Waals surface area contributed by atoms with Gasteiger partial charge in [0, 0.05) is 12.0 Å². The molecule has 5 heteroatoms. The largest absolute Gasteiger partial charge is 0.481 e. The van der Waals surface area contributed by atoms with E-state index in [0.717, 1.165) is 0 Å².